The van der Waals surface area contributed by atoms with Crippen molar-refractivity contribution in [1.29, 1.82) is 5.26 Å². The van der Waals surface area contributed by atoms with E-state index < -0.39 is 0 Å². The van der Waals surface area contributed by atoms with Gasteiger partial charge in [0.25, 0.3) is 0 Å². The van der Waals surface area contributed by atoms with Crippen molar-refractivity contribution >= 4 is 17.2 Å². The molecule has 2 heterocycles. The molecule has 4 heteroatoms. The van der Waals surface area contributed by atoms with Gasteiger partial charge < -0.3 is 4.42 Å². The topological polar surface area (TPSA) is 53.1 Å². The number of benzene rings is 2. The second-order valence-corrected chi connectivity index (χ2v) is 7.48. The Morgan fingerprint density at radius 2 is 2.26 bits per heavy atom. The Labute approximate surface area is 159 Å². The van der Waals surface area contributed by atoms with Gasteiger partial charge in [-0.2, -0.15) is 5.26 Å². The predicted octanol–water partition coefficient (Wildman–Crippen LogP) is 5.16. The number of aromatic nitrogens is 1. The monoisotopic (exact) mass is 357 g/mol. The molecule has 0 aliphatic carbocycles. The third-order valence-electron chi connectivity index (χ3n) is 5.41. The Kier molecular flexibility index (Phi) is 4.55. The lowest BCUT2D eigenvalue weighted by molar-refractivity contribution is 0.320. The standard InChI is InChI=1S/C23H23N3O/c1-4-18-6-5-7-20(16(18)3)23-25-21-11-17(10-19(12-24)22(21)27-23)14-26-9-8-15(2)13-26/h4-7,10-11,15H,1,8-9,13-14H2,2-3H3/t15-/m1/s1. The van der Waals surface area contributed by atoms with Gasteiger partial charge in [-0.25, -0.2) is 4.98 Å². The number of oxazole rings is 1. The van der Waals surface area contributed by atoms with Crippen molar-refractivity contribution in [1.82, 2.24) is 9.88 Å². The molecular weight excluding hydrogens is 334 g/mol. The molecule has 1 fully saturated rings. The smallest absolute Gasteiger partial charge is 0.227 e. The first-order chi connectivity index (χ1) is 13.1. The van der Waals surface area contributed by atoms with Gasteiger partial charge in [-0.1, -0.05) is 31.7 Å². The van der Waals surface area contributed by atoms with Gasteiger partial charge in [-0.05, 0) is 60.7 Å². The second-order valence-electron chi connectivity index (χ2n) is 7.48. The van der Waals surface area contributed by atoms with E-state index in [1.165, 1.54) is 6.42 Å². The SMILES string of the molecule is C=Cc1cccc(-c2nc3cc(CN4CC[C@@H](C)C4)cc(C#N)c3o2)c1C. The number of fused-ring (bicyclic) bond motifs is 1. The lowest BCUT2D eigenvalue weighted by Gasteiger charge is -2.15. The molecule has 0 saturated carbocycles. The summed E-state index contributed by atoms with van der Waals surface area (Å²) in [6, 6.07) is 12.3. The third kappa shape index (κ3) is 3.27. The Morgan fingerprint density at radius 3 is 2.96 bits per heavy atom. The van der Waals surface area contributed by atoms with Crippen LogP contribution in [0.4, 0.5) is 0 Å². The summed E-state index contributed by atoms with van der Waals surface area (Å²) in [6.45, 7) is 11.3. The number of nitrogens with zero attached hydrogens (tertiary/aromatic N) is 3. The largest absolute Gasteiger partial charge is 0.435 e. The lowest BCUT2D eigenvalue weighted by Crippen LogP contribution is -2.19. The van der Waals surface area contributed by atoms with Crippen LogP contribution in [-0.2, 0) is 6.54 Å². The van der Waals surface area contributed by atoms with Gasteiger partial charge in [0.1, 0.15) is 11.6 Å². The van der Waals surface area contributed by atoms with Gasteiger partial charge in [-0.3, -0.25) is 4.90 Å². The molecule has 0 radical (unpaired) electrons. The molecule has 1 aliphatic heterocycles. The molecule has 3 aromatic rings. The zero-order valence-electron chi connectivity index (χ0n) is 15.8. The maximum atomic E-state index is 9.61. The summed E-state index contributed by atoms with van der Waals surface area (Å²) in [6.07, 6.45) is 3.07. The van der Waals surface area contributed by atoms with Crippen LogP contribution < -0.4 is 0 Å². The molecule has 0 bridgehead atoms. The highest BCUT2D eigenvalue weighted by Crippen LogP contribution is 2.31. The van der Waals surface area contributed by atoms with Crippen molar-refractivity contribution in [3.63, 3.8) is 0 Å². The normalized spacial score (nSPS) is 17.3. The second kappa shape index (κ2) is 7.02. The van der Waals surface area contributed by atoms with Crippen molar-refractivity contribution in [2.75, 3.05) is 13.1 Å². The van der Waals surface area contributed by atoms with Crippen LogP contribution in [0.15, 0.2) is 41.3 Å². The first kappa shape index (κ1) is 17.5. The molecule has 0 spiro atoms. The number of likely N-dealkylation sites (tertiary alicyclic amines) is 1. The third-order valence-corrected chi connectivity index (χ3v) is 5.41. The molecule has 0 unspecified atom stereocenters. The molecule has 1 saturated heterocycles. The first-order valence-electron chi connectivity index (χ1n) is 9.37. The molecule has 1 aliphatic rings. The molecule has 4 nitrogen and oxygen atoms in total. The van der Waals surface area contributed by atoms with E-state index in [1.807, 2.05) is 37.3 Å². The van der Waals surface area contributed by atoms with E-state index in [2.05, 4.69) is 30.5 Å². The molecule has 4 rings (SSSR count). The average molecular weight is 357 g/mol. The van der Waals surface area contributed by atoms with E-state index in [-0.39, 0.29) is 0 Å². The number of hydrogen-bond acceptors (Lipinski definition) is 4. The highest BCUT2D eigenvalue weighted by atomic mass is 16.3. The Bertz CT molecular complexity index is 1060. The van der Waals surface area contributed by atoms with Crippen LogP contribution in [0, 0.1) is 24.2 Å². The van der Waals surface area contributed by atoms with E-state index in [0.29, 0.717) is 17.0 Å². The van der Waals surface area contributed by atoms with Crippen LogP contribution >= 0.6 is 0 Å². The van der Waals surface area contributed by atoms with Crippen LogP contribution in [0.25, 0.3) is 28.6 Å². The van der Waals surface area contributed by atoms with Crippen molar-refractivity contribution in [3.05, 3.63) is 59.2 Å². The molecule has 0 amide bonds. The Balaban J connectivity index is 1.76. The minimum atomic E-state index is 0.547. The van der Waals surface area contributed by atoms with Gasteiger partial charge >= 0.3 is 0 Å². The zero-order chi connectivity index (χ0) is 19.0. The van der Waals surface area contributed by atoms with Crippen molar-refractivity contribution < 1.29 is 4.42 Å². The fraction of sp³-hybridized carbons (Fsp3) is 0.304. The maximum absolute atomic E-state index is 9.61. The van der Waals surface area contributed by atoms with E-state index in [1.54, 1.807) is 0 Å². The number of rotatable bonds is 4. The number of nitriles is 1. The van der Waals surface area contributed by atoms with Crippen LogP contribution in [0.1, 0.15) is 35.6 Å². The summed E-state index contributed by atoms with van der Waals surface area (Å²) in [4.78, 5) is 7.14. The van der Waals surface area contributed by atoms with E-state index in [4.69, 9.17) is 9.40 Å². The van der Waals surface area contributed by atoms with E-state index in [9.17, 15) is 5.26 Å². The van der Waals surface area contributed by atoms with Gasteiger partial charge in [0.15, 0.2) is 5.58 Å². The maximum Gasteiger partial charge on any atom is 0.227 e. The molecule has 136 valence electrons. The highest BCUT2D eigenvalue weighted by Gasteiger charge is 2.20. The Hall–Kier alpha value is -2.90. The van der Waals surface area contributed by atoms with Crippen molar-refractivity contribution in [2.45, 2.75) is 26.8 Å². The fourth-order valence-electron chi connectivity index (χ4n) is 3.91. The summed E-state index contributed by atoms with van der Waals surface area (Å²) in [5.41, 5.74) is 6.03. The molecule has 27 heavy (non-hydrogen) atoms. The number of hydrogen-bond donors (Lipinski definition) is 0. The highest BCUT2D eigenvalue weighted by molar-refractivity contribution is 5.83. The van der Waals surface area contributed by atoms with Crippen molar-refractivity contribution in [2.24, 2.45) is 5.92 Å². The summed E-state index contributed by atoms with van der Waals surface area (Å²) in [5.74, 6) is 1.29. The molecular formula is C23H23N3O. The minimum Gasteiger partial charge on any atom is -0.435 e. The predicted molar refractivity (Wildman–Crippen MR) is 108 cm³/mol. The lowest BCUT2D eigenvalue weighted by atomic mass is 10.0. The van der Waals surface area contributed by atoms with Crippen LogP contribution in [0.2, 0.25) is 0 Å². The Morgan fingerprint density at radius 1 is 1.41 bits per heavy atom. The first-order valence-corrected chi connectivity index (χ1v) is 9.37. The summed E-state index contributed by atoms with van der Waals surface area (Å²) in [5, 5.41) is 9.61. The van der Waals surface area contributed by atoms with Crippen LogP contribution in [0.3, 0.4) is 0 Å². The molecule has 1 atom stereocenters. The summed E-state index contributed by atoms with van der Waals surface area (Å²) >= 11 is 0. The van der Waals surface area contributed by atoms with E-state index in [0.717, 1.165) is 53.3 Å². The van der Waals surface area contributed by atoms with Gasteiger partial charge in [-0.15, -0.1) is 0 Å². The minimum absolute atomic E-state index is 0.547. The van der Waals surface area contributed by atoms with Crippen LogP contribution in [-0.4, -0.2) is 23.0 Å². The summed E-state index contributed by atoms with van der Waals surface area (Å²) < 4.78 is 6.02. The fourth-order valence-corrected chi connectivity index (χ4v) is 3.91. The summed E-state index contributed by atoms with van der Waals surface area (Å²) in [7, 11) is 0. The van der Waals surface area contributed by atoms with Gasteiger partial charge in [0.05, 0.1) is 5.56 Å². The van der Waals surface area contributed by atoms with Crippen LogP contribution in [0.5, 0.6) is 0 Å². The van der Waals surface area contributed by atoms with Gasteiger partial charge in [0.2, 0.25) is 5.89 Å². The van der Waals surface area contributed by atoms with E-state index >= 15 is 0 Å². The van der Waals surface area contributed by atoms with Crippen molar-refractivity contribution in [3.8, 4) is 17.5 Å². The molecule has 1 aromatic heterocycles. The van der Waals surface area contributed by atoms with Gasteiger partial charge in [0, 0.05) is 18.7 Å². The quantitative estimate of drug-likeness (QED) is 0.647. The zero-order valence-corrected chi connectivity index (χ0v) is 15.8. The molecule has 0 N–H and O–H groups in total. The average Bonchev–Trinajstić information content (AvgIpc) is 3.27. The molecule has 2 aromatic carbocycles.